The van der Waals surface area contributed by atoms with Crippen LogP contribution in [0.1, 0.15) is 0 Å². The van der Waals surface area contributed by atoms with Crippen molar-refractivity contribution in [1.29, 1.82) is 0 Å². The molecule has 0 amide bonds. The standard InChI is InChI=1S/C45H30N4/c1-6-16-31(17-7-1)39-30-40(32-18-8-2-9-19-32)47-45(46-39)37-27-26-36-29-41(33-20-10-3-11-21-33)49-44(38(36)28-37)42(34-22-12-4-13-23-34)43(48-49)35-24-14-5-15-25-35/h1-30H. The van der Waals surface area contributed by atoms with E-state index in [1.807, 2.05) is 42.5 Å². The Morgan fingerprint density at radius 1 is 0.388 bits per heavy atom. The van der Waals surface area contributed by atoms with Crippen molar-refractivity contribution in [3.63, 3.8) is 0 Å². The lowest BCUT2D eigenvalue weighted by molar-refractivity contribution is 0.979. The molecule has 230 valence electrons. The summed E-state index contributed by atoms with van der Waals surface area (Å²) < 4.78 is 2.13. The minimum Gasteiger partial charge on any atom is -0.231 e. The van der Waals surface area contributed by atoms with E-state index in [4.69, 9.17) is 15.1 Å². The lowest BCUT2D eigenvalue weighted by Crippen LogP contribution is -1.98. The Morgan fingerprint density at radius 2 is 0.878 bits per heavy atom. The maximum absolute atomic E-state index is 5.38. The van der Waals surface area contributed by atoms with Crippen molar-refractivity contribution in [1.82, 2.24) is 19.6 Å². The van der Waals surface area contributed by atoms with E-state index < -0.39 is 0 Å². The van der Waals surface area contributed by atoms with Gasteiger partial charge in [-0.25, -0.2) is 14.5 Å². The van der Waals surface area contributed by atoms with Crippen molar-refractivity contribution in [2.45, 2.75) is 0 Å². The predicted molar refractivity (Wildman–Crippen MR) is 201 cm³/mol. The third-order valence-electron chi connectivity index (χ3n) is 9.02. The second-order valence-electron chi connectivity index (χ2n) is 12.1. The Labute approximate surface area is 284 Å². The molecule has 9 aromatic rings. The largest absolute Gasteiger partial charge is 0.231 e. The van der Waals surface area contributed by atoms with E-state index >= 15 is 0 Å². The molecule has 0 saturated carbocycles. The average Bonchev–Trinajstić information content (AvgIpc) is 3.60. The van der Waals surface area contributed by atoms with Gasteiger partial charge in [-0.15, -0.1) is 0 Å². The summed E-state index contributed by atoms with van der Waals surface area (Å²) in [6.45, 7) is 0. The molecule has 0 aliphatic heterocycles. The van der Waals surface area contributed by atoms with Gasteiger partial charge in [0, 0.05) is 38.8 Å². The quantitative estimate of drug-likeness (QED) is 0.184. The summed E-state index contributed by atoms with van der Waals surface area (Å²) in [5.74, 6) is 0.677. The smallest absolute Gasteiger partial charge is 0.160 e. The number of fused-ring (bicyclic) bond motifs is 3. The van der Waals surface area contributed by atoms with Gasteiger partial charge < -0.3 is 0 Å². The van der Waals surface area contributed by atoms with Crippen LogP contribution in [0.4, 0.5) is 0 Å². The fourth-order valence-corrected chi connectivity index (χ4v) is 6.66. The number of rotatable bonds is 6. The Balaban J connectivity index is 1.36. The van der Waals surface area contributed by atoms with Gasteiger partial charge >= 0.3 is 0 Å². The van der Waals surface area contributed by atoms with Crippen LogP contribution in [-0.4, -0.2) is 19.6 Å². The minimum absolute atomic E-state index is 0.677. The number of hydrogen-bond donors (Lipinski definition) is 0. The molecule has 0 spiro atoms. The topological polar surface area (TPSA) is 43.1 Å². The summed E-state index contributed by atoms with van der Waals surface area (Å²) in [7, 11) is 0. The highest BCUT2D eigenvalue weighted by Crippen LogP contribution is 2.41. The monoisotopic (exact) mass is 626 g/mol. The molecule has 0 aliphatic carbocycles. The second kappa shape index (κ2) is 12.2. The van der Waals surface area contributed by atoms with Crippen LogP contribution < -0.4 is 0 Å². The maximum atomic E-state index is 5.38. The lowest BCUT2D eigenvalue weighted by atomic mass is 9.96. The molecular weight excluding hydrogens is 597 g/mol. The van der Waals surface area contributed by atoms with E-state index in [2.05, 4.69) is 144 Å². The van der Waals surface area contributed by atoms with Crippen LogP contribution >= 0.6 is 0 Å². The van der Waals surface area contributed by atoms with Crippen molar-refractivity contribution < 1.29 is 0 Å². The number of aromatic nitrogens is 4. The molecule has 4 nitrogen and oxygen atoms in total. The third-order valence-corrected chi connectivity index (χ3v) is 9.02. The molecule has 0 radical (unpaired) electrons. The van der Waals surface area contributed by atoms with Gasteiger partial charge in [0.15, 0.2) is 5.82 Å². The number of pyridine rings is 1. The molecule has 0 bridgehead atoms. The summed E-state index contributed by atoms with van der Waals surface area (Å²) in [4.78, 5) is 10.3. The van der Waals surface area contributed by atoms with Gasteiger partial charge in [0.2, 0.25) is 0 Å². The van der Waals surface area contributed by atoms with Gasteiger partial charge in [-0.3, -0.25) is 0 Å². The summed E-state index contributed by atoms with van der Waals surface area (Å²) in [6.07, 6.45) is 0. The van der Waals surface area contributed by atoms with Crippen molar-refractivity contribution in [3.8, 4) is 67.5 Å². The van der Waals surface area contributed by atoms with Crippen LogP contribution in [0.5, 0.6) is 0 Å². The lowest BCUT2D eigenvalue weighted by Gasteiger charge is -2.13. The van der Waals surface area contributed by atoms with Crippen LogP contribution in [0.2, 0.25) is 0 Å². The molecule has 0 unspecified atom stereocenters. The normalized spacial score (nSPS) is 11.3. The maximum Gasteiger partial charge on any atom is 0.160 e. The zero-order valence-corrected chi connectivity index (χ0v) is 26.6. The van der Waals surface area contributed by atoms with Gasteiger partial charge in [0.1, 0.15) is 5.69 Å². The number of hydrogen-bond acceptors (Lipinski definition) is 3. The van der Waals surface area contributed by atoms with Crippen LogP contribution in [-0.2, 0) is 0 Å². The molecule has 0 aliphatic rings. The Hall–Kier alpha value is -6.65. The van der Waals surface area contributed by atoms with E-state index in [9.17, 15) is 0 Å². The predicted octanol–water partition coefficient (Wildman–Crippen LogP) is 11.3. The molecule has 4 heteroatoms. The number of nitrogens with zero attached hydrogens (tertiary/aromatic N) is 4. The first kappa shape index (κ1) is 28.6. The molecule has 3 heterocycles. The van der Waals surface area contributed by atoms with Crippen molar-refractivity contribution >= 4 is 16.3 Å². The molecule has 3 aromatic heterocycles. The van der Waals surface area contributed by atoms with E-state index in [0.717, 1.165) is 78.0 Å². The Morgan fingerprint density at radius 3 is 1.43 bits per heavy atom. The van der Waals surface area contributed by atoms with Gasteiger partial charge in [0.05, 0.1) is 22.6 Å². The van der Waals surface area contributed by atoms with E-state index in [0.29, 0.717) is 5.82 Å². The minimum atomic E-state index is 0.677. The zero-order valence-electron chi connectivity index (χ0n) is 26.6. The van der Waals surface area contributed by atoms with Crippen LogP contribution in [0.15, 0.2) is 182 Å². The second-order valence-corrected chi connectivity index (χ2v) is 12.1. The Bertz CT molecular complexity index is 2500. The van der Waals surface area contributed by atoms with E-state index in [1.165, 1.54) is 0 Å². The average molecular weight is 627 g/mol. The molecule has 0 saturated heterocycles. The van der Waals surface area contributed by atoms with Gasteiger partial charge in [0.25, 0.3) is 0 Å². The van der Waals surface area contributed by atoms with Crippen LogP contribution in [0.3, 0.4) is 0 Å². The molecule has 6 aromatic carbocycles. The Kier molecular flexibility index (Phi) is 7.10. The molecule has 0 N–H and O–H groups in total. The highest BCUT2D eigenvalue weighted by atomic mass is 15.2. The van der Waals surface area contributed by atoms with E-state index in [1.54, 1.807) is 0 Å². The zero-order chi connectivity index (χ0) is 32.6. The first-order chi connectivity index (χ1) is 24.3. The highest BCUT2D eigenvalue weighted by Gasteiger charge is 2.22. The third kappa shape index (κ3) is 5.26. The first-order valence-electron chi connectivity index (χ1n) is 16.5. The molecule has 0 atom stereocenters. The van der Waals surface area contributed by atoms with Crippen molar-refractivity contribution in [2.75, 3.05) is 0 Å². The first-order valence-corrected chi connectivity index (χ1v) is 16.5. The number of benzene rings is 6. The molecular formula is C45H30N4. The van der Waals surface area contributed by atoms with Gasteiger partial charge in [-0.1, -0.05) is 164 Å². The van der Waals surface area contributed by atoms with Crippen molar-refractivity contribution in [2.24, 2.45) is 0 Å². The SMILES string of the molecule is c1ccc(-c2cc(-c3ccccc3)nc(-c3ccc4cc(-c5ccccc5)n5nc(-c6ccccc6)c(-c6ccccc6)c5c4c3)n2)cc1. The fraction of sp³-hybridized carbons (Fsp3) is 0. The van der Waals surface area contributed by atoms with Crippen molar-refractivity contribution in [3.05, 3.63) is 182 Å². The summed E-state index contributed by atoms with van der Waals surface area (Å²) in [6, 6.07) is 63.1. The van der Waals surface area contributed by atoms with Crippen LogP contribution in [0.25, 0.3) is 83.8 Å². The molecule has 0 fully saturated rings. The summed E-state index contributed by atoms with van der Waals surface area (Å²) in [5, 5.41) is 7.58. The van der Waals surface area contributed by atoms with Crippen LogP contribution in [0, 0.1) is 0 Å². The summed E-state index contributed by atoms with van der Waals surface area (Å²) >= 11 is 0. The van der Waals surface area contributed by atoms with E-state index in [-0.39, 0.29) is 0 Å². The molecule has 9 rings (SSSR count). The highest BCUT2D eigenvalue weighted by molar-refractivity contribution is 6.09. The van der Waals surface area contributed by atoms with Gasteiger partial charge in [-0.2, -0.15) is 5.10 Å². The fourth-order valence-electron chi connectivity index (χ4n) is 6.66. The summed E-state index contributed by atoms with van der Waals surface area (Å²) in [5.41, 5.74) is 12.2. The molecule has 49 heavy (non-hydrogen) atoms. The van der Waals surface area contributed by atoms with Gasteiger partial charge in [-0.05, 0) is 29.1 Å².